The minimum absolute atomic E-state index is 0.0978. The van der Waals surface area contributed by atoms with Gasteiger partial charge in [-0.25, -0.2) is 8.42 Å². The molecular weight excluding hydrogens is 378 g/mol. The Hall–Kier alpha value is -1.93. The molecule has 8 heteroatoms. The van der Waals surface area contributed by atoms with Crippen molar-refractivity contribution in [3.8, 4) is 0 Å². The highest BCUT2D eigenvalue weighted by molar-refractivity contribution is 7.89. The SMILES string of the molecule is O=C(Nc1ccc(S(=O)(=O)N2CCCCC2)cc1)C1CCCN1C(=O)C1CC1. The Bertz CT molecular complexity index is 843. The summed E-state index contributed by atoms with van der Waals surface area (Å²) < 4.78 is 27.0. The summed E-state index contributed by atoms with van der Waals surface area (Å²) in [6.07, 6.45) is 6.22. The Morgan fingerprint density at radius 1 is 0.893 bits per heavy atom. The van der Waals surface area contributed by atoms with Crippen LogP contribution in [-0.4, -0.2) is 55.1 Å². The highest BCUT2D eigenvalue weighted by atomic mass is 32.2. The number of rotatable bonds is 5. The van der Waals surface area contributed by atoms with Crippen molar-refractivity contribution in [1.29, 1.82) is 0 Å². The van der Waals surface area contributed by atoms with Crippen molar-refractivity contribution in [3.63, 3.8) is 0 Å². The first-order valence-electron chi connectivity index (χ1n) is 10.2. The van der Waals surface area contributed by atoms with Gasteiger partial charge in [0.25, 0.3) is 0 Å². The molecule has 2 amide bonds. The van der Waals surface area contributed by atoms with Crippen molar-refractivity contribution in [2.75, 3.05) is 25.0 Å². The second-order valence-corrected chi connectivity index (χ2v) is 9.88. The molecule has 3 aliphatic rings. The molecule has 2 heterocycles. The zero-order chi connectivity index (χ0) is 19.7. The van der Waals surface area contributed by atoms with E-state index in [0.717, 1.165) is 38.5 Å². The molecule has 2 saturated heterocycles. The molecule has 1 unspecified atom stereocenters. The van der Waals surface area contributed by atoms with E-state index in [-0.39, 0.29) is 22.6 Å². The summed E-state index contributed by atoms with van der Waals surface area (Å²) in [5.74, 6) is 0.00596. The van der Waals surface area contributed by atoms with Gasteiger partial charge in [-0.05, 0) is 62.8 Å². The molecule has 2 aliphatic heterocycles. The number of hydrogen-bond acceptors (Lipinski definition) is 4. The lowest BCUT2D eigenvalue weighted by molar-refractivity contribution is -0.137. The van der Waals surface area contributed by atoms with Crippen molar-refractivity contribution in [1.82, 2.24) is 9.21 Å². The van der Waals surface area contributed by atoms with Crippen molar-refractivity contribution in [2.24, 2.45) is 5.92 Å². The van der Waals surface area contributed by atoms with Crippen LogP contribution < -0.4 is 5.32 Å². The number of likely N-dealkylation sites (tertiary alicyclic amines) is 1. The van der Waals surface area contributed by atoms with Crippen LogP contribution in [0.3, 0.4) is 0 Å². The minimum Gasteiger partial charge on any atom is -0.330 e. The van der Waals surface area contributed by atoms with E-state index in [0.29, 0.717) is 31.7 Å². The van der Waals surface area contributed by atoms with E-state index < -0.39 is 16.1 Å². The summed E-state index contributed by atoms with van der Waals surface area (Å²) in [6, 6.07) is 5.90. The highest BCUT2D eigenvalue weighted by Crippen LogP contribution is 2.34. The van der Waals surface area contributed by atoms with Crippen molar-refractivity contribution in [3.05, 3.63) is 24.3 Å². The largest absolute Gasteiger partial charge is 0.330 e. The summed E-state index contributed by atoms with van der Waals surface area (Å²) >= 11 is 0. The molecule has 0 radical (unpaired) electrons. The molecule has 28 heavy (non-hydrogen) atoms. The molecule has 0 aromatic heterocycles. The van der Waals surface area contributed by atoms with Gasteiger partial charge in [-0.2, -0.15) is 4.31 Å². The van der Waals surface area contributed by atoms with E-state index in [4.69, 9.17) is 0 Å². The number of carbonyl (C=O) groups excluding carboxylic acids is 2. The van der Waals surface area contributed by atoms with E-state index in [1.165, 1.54) is 4.31 Å². The summed E-state index contributed by atoms with van der Waals surface area (Å²) in [7, 11) is -3.48. The normalized spacial score (nSPS) is 23.6. The number of nitrogens with one attached hydrogen (secondary N) is 1. The maximum absolute atomic E-state index is 12.7. The van der Waals surface area contributed by atoms with Gasteiger partial charge in [-0.3, -0.25) is 9.59 Å². The first kappa shape index (κ1) is 19.4. The number of benzene rings is 1. The molecule has 1 N–H and O–H groups in total. The third kappa shape index (κ3) is 3.93. The number of amides is 2. The van der Waals surface area contributed by atoms with Crippen LogP contribution in [0.25, 0.3) is 0 Å². The molecular formula is C20H27N3O4S. The second-order valence-electron chi connectivity index (χ2n) is 7.94. The number of nitrogens with zero attached hydrogens (tertiary/aromatic N) is 2. The Balaban J connectivity index is 1.41. The van der Waals surface area contributed by atoms with Gasteiger partial charge in [0.1, 0.15) is 6.04 Å². The number of anilines is 1. The fraction of sp³-hybridized carbons (Fsp3) is 0.600. The van der Waals surface area contributed by atoms with Gasteiger partial charge < -0.3 is 10.2 Å². The Kier molecular flexibility index (Phi) is 5.42. The molecule has 4 rings (SSSR count). The van der Waals surface area contributed by atoms with E-state index in [1.54, 1.807) is 29.2 Å². The fourth-order valence-corrected chi connectivity index (χ4v) is 5.58. The second kappa shape index (κ2) is 7.83. The number of hydrogen-bond donors (Lipinski definition) is 1. The molecule has 1 atom stereocenters. The fourth-order valence-electron chi connectivity index (χ4n) is 4.06. The summed E-state index contributed by atoms with van der Waals surface area (Å²) in [5.41, 5.74) is 0.549. The quantitative estimate of drug-likeness (QED) is 0.814. The molecule has 1 aliphatic carbocycles. The Morgan fingerprint density at radius 2 is 1.57 bits per heavy atom. The van der Waals surface area contributed by atoms with E-state index in [9.17, 15) is 18.0 Å². The van der Waals surface area contributed by atoms with Gasteiger partial charge in [0.2, 0.25) is 21.8 Å². The Labute approximate surface area is 166 Å². The highest BCUT2D eigenvalue weighted by Gasteiger charge is 2.40. The topological polar surface area (TPSA) is 86.8 Å². The van der Waals surface area contributed by atoms with Crippen LogP contribution in [0.15, 0.2) is 29.2 Å². The predicted molar refractivity (Wildman–Crippen MR) is 105 cm³/mol. The van der Waals surface area contributed by atoms with Crippen molar-refractivity contribution < 1.29 is 18.0 Å². The number of piperidine rings is 1. The summed E-state index contributed by atoms with van der Waals surface area (Å²) in [4.78, 5) is 27.0. The zero-order valence-corrected chi connectivity index (χ0v) is 16.8. The smallest absolute Gasteiger partial charge is 0.247 e. The molecule has 0 spiro atoms. The predicted octanol–water partition coefficient (Wildman–Crippen LogP) is 2.20. The maximum atomic E-state index is 12.7. The Morgan fingerprint density at radius 3 is 2.21 bits per heavy atom. The zero-order valence-electron chi connectivity index (χ0n) is 16.0. The lowest BCUT2D eigenvalue weighted by atomic mass is 10.2. The minimum atomic E-state index is -3.48. The first-order valence-corrected chi connectivity index (χ1v) is 11.6. The molecule has 152 valence electrons. The molecule has 1 aromatic rings. The standard InChI is InChI=1S/C20H27N3O4S/c24-19(18-5-4-14-23(18)20(25)15-6-7-15)21-16-8-10-17(11-9-16)28(26,27)22-12-2-1-3-13-22/h8-11,15,18H,1-7,12-14H2,(H,21,24). The molecule has 7 nitrogen and oxygen atoms in total. The van der Waals surface area contributed by atoms with Gasteiger partial charge >= 0.3 is 0 Å². The summed E-state index contributed by atoms with van der Waals surface area (Å²) in [6.45, 7) is 1.77. The molecule has 1 saturated carbocycles. The van der Waals surface area contributed by atoms with E-state index in [1.807, 2.05) is 0 Å². The van der Waals surface area contributed by atoms with Crippen LogP contribution in [0, 0.1) is 5.92 Å². The molecule has 0 bridgehead atoms. The van der Waals surface area contributed by atoms with Crippen LogP contribution in [-0.2, 0) is 19.6 Å². The molecule has 1 aromatic carbocycles. The number of sulfonamides is 1. The van der Waals surface area contributed by atoms with Gasteiger partial charge in [0.05, 0.1) is 4.90 Å². The van der Waals surface area contributed by atoms with E-state index >= 15 is 0 Å². The van der Waals surface area contributed by atoms with Gasteiger partial charge in [0.15, 0.2) is 0 Å². The van der Waals surface area contributed by atoms with Gasteiger partial charge in [-0.15, -0.1) is 0 Å². The lowest BCUT2D eigenvalue weighted by Crippen LogP contribution is -2.43. The monoisotopic (exact) mass is 405 g/mol. The average molecular weight is 406 g/mol. The maximum Gasteiger partial charge on any atom is 0.247 e. The van der Waals surface area contributed by atoms with E-state index in [2.05, 4.69) is 5.32 Å². The van der Waals surface area contributed by atoms with Crippen LogP contribution >= 0.6 is 0 Å². The third-order valence-corrected chi connectivity index (χ3v) is 7.75. The van der Waals surface area contributed by atoms with Crippen molar-refractivity contribution in [2.45, 2.75) is 55.9 Å². The van der Waals surface area contributed by atoms with Crippen molar-refractivity contribution >= 4 is 27.5 Å². The molecule has 3 fully saturated rings. The lowest BCUT2D eigenvalue weighted by Gasteiger charge is -2.26. The number of carbonyl (C=O) groups is 2. The van der Waals surface area contributed by atoms with Gasteiger partial charge in [-0.1, -0.05) is 6.42 Å². The first-order chi connectivity index (χ1) is 13.5. The van der Waals surface area contributed by atoms with Crippen LogP contribution in [0.2, 0.25) is 0 Å². The van der Waals surface area contributed by atoms with Crippen LogP contribution in [0.5, 0.6) is 0 Å². The van der Waals surface area contributed by atoms with Crippen LogP contribution in [0.1, 0.15) is 44.9 Å². The van der Waals surface area contributed by atoms with Crippen LogP contribution in [0.4, 0.5) is 5.69 Å². The average Bonchev–Trinajstić information content (AvgIpc) is 3.44. The third-order valence-electron chi connectivity index (χ3n) is 5.84. The van der Waals surface area contributed by atoms with Gasteiger partial charge in [0, 0.05) is 31.2 Å². The summed E-state index contributed by atoms with van der Waals surface area (Å²) in [5, 5.41) is 2.85.